The summed E-state index contributed by atoms with van der Waals surface area (Å²) < 4.78 is 0. The second kappa shape index (κ2) is 15.8. The van der Waals surface area contributed by atoms with E-state index in [1.54, 1.807) is 0 Å². The summed E-state index contributed by atoms with van der Waals surface area (Å²) in [6.45, 7) is 0. The van der Waals surface area contributed by atoms with Crippen LogP contribution in [0.1, 0.15) is 0 Å². The van der Waals surface area contributed by atoms with Crippen LogP contribution in [0.2, 0.25) is 0 Å². The first-order chi connectivity index (χ1) is 3.50. The normalized spacial score (nSPS) is 4.89. The van der Waals surface area contributed by atoms with Gasteiger partial charge in [-0.15, -0.1) is 0 Å². The molecule has 0 aliphatic rings. The van der Waals surface area contributed by atoms with Gasteiger partial charge in [0.1, 0.15) is 0 Å². The summed E-state index contributed by atoms with van der Waals surface area (Å²) >= 11 is 2.38. The van der Waals surface area contributed by atoms with Crippen molar-refractivity contribution in [2.75, 3.05) is 0 Å². The van der Waals surface area contributed by atoms with Crippen molar-refractivity contribution in [1.82, 2.24) is 0 Å². The van der Waals surface area contributed by atoms with E-state index in [9.17, 15) is 0 Å². The van der Waals surface area contributed by atoms with E-state index in [0.29, 0.717) is 0 Å². The molecule has 0 bridgehead atoms. The first-order valence-electron chi connectivity index (χ1n) is 1.96. The van der Waals surface area contributed by atoms with Gasteiger partial charge in [0.25, 0.3) is 0 Å². The van der Waals surface area contributed by atoms with Crippen molar-refractivity contribution in [2.45, 2.75) is 0 Å². The largest absolute Gasteiger partial charge is 1.00 e. The Labute approximate surface area is 76.4 Å². The van der Waals surface area contributed by atoms with E-state index in [0.717, 1.165) is 0 Å². The molecule has 0 fully saturated rings. The van der Waals surface area contributed by atoms with E-state index in [2.05, 4.69) is 21.2 Å². The Hall–Kier alpha value is 0.332. The van der Waals surface area contributed by atoms with Crippen LogP contribution in [0.15, 0.2) is 30.3 Å². The molecule has 54 valence electrons. The molecule has 0 saturated carbocycles. The van der Waals surface area contributed by atoms with Gasteiger partial charge in [0.15, 0.2) is 0 Å². The van der Waals surface area contributed by atoms with Crippen LogP contribution >= 0.6 is 0 Å². The molecule has 0 unspecified atom stereocenters. The van der Waals surface area contributed by atoms with Gasteiger partial charge in [0.05, 0.1) is 0 Å². The topological polar surface area (TPSA) is 0 Å². The fraction of sp³-hybridized carbons (Fsp3) is 0. The molecule has 0 radical (unpaired) electrons. The van der Waals surface area contributed by atoms with Crippen LogP contribution in [0.4, 0.5) is 0 Å². The standard InChI is InChI=1S/C5H5.CH2.2ClH.Cr/c1-2-4-5-3-1;;;;/h1-5H;1H2;2*1H;/q-1;;;;/p-2. The summed E-state index contributed by atoms with van der Waals surface area (Å²) in [6.07, 6.45) is 0. The molecule has 0 aromatic heterocycles. The number of hydrogen-bond donors (Lipinski definition) is 0. The van der Waals surface area contributed by atoms with Crippen molar-refractivity contribution in [1.29, 1.82) is 0 Å². The Kier molecular flexibility index (Phi) is 28.3. The molecule has 1 aromatic rings. The molecule has 0 amide bonds. The Morgan fingerprint density at radius 2 is 1.33 bits per heavy atom. The molecule has 3 heteroatoms. The van der Waals surface area contributed by atoms with Crippen LogP contribution < -0.4 is 24.8 Å². The van der Waals surface area contributed by atoms with Crippen molar-refractivity contribution < 1.29 is 40.7 Å². The molecule has 0 spiro atoms. The monoisotopic (exact) mass is 201 g/mol. The van der Waals surface area contributed by atoms with Crippen molar-refractivity contribution in [3.63, 3.8) is 0 Å². The first-order valence-corrected chi connectivity index (χ1v) is 2.86. The van der Waals surface area contributed by atoms with Crippen LogP contribution in [-0.4, -0.2) is 5.39 Å². The van der Waals surface area contributed by atoms with Gasteiger partial charge in [-0.1, -0.05) is 0 Å². The average Bonchev–Trinajstić information content (AvgIpc) is 2.23. The molecule has 0 saturated heterocycles. The SMILES string of the molecule is [CH2]=[Cr].[Cl-].[Cl-].c1cc[cH-]c1. The number of rotatable bonds is 0. The van der Waals surface area contributed by atoms with E-state index < -0.39 is 0 Å². The second-order valence-corrected chi connectivity index (χ2v) is 0.962. The Morgan fingerprint density at radius 1 is 1.00 bits per heavy atom. The molecule has 0 aliphatic heterocycles. The van der Waals surface area contributed by atoms with Gasteiger partial charge >= 0.3 is 21.2 Å². The van der Waals surface area contributed by atoms with Gasteiger partial charge < -0.3 is 24.8 Å². The fourth-order valence-corrected chi connectivity index (χ4v) is 0.321. The minimum Gasteiger partial charge on any atom is -1.00 e. The van der Waals surface area contributed by atoms with E-state index in [-0.39, 0.29) is 24.8 Å². The summed E-state index contributed by atoms with van der Waals surface area (Å²) in [5, 5.41) is 3.12. The summed E-state index contributed by atoms with van der Waals surface area (Å²) in [6, 6.07) is 10.0. The number of halogens is 2. The summed E-state index contributed by atoms with van der Waals surface area (Å²) in [5.74, 6) is 0. The van der Waals surface area contributed by atoms with Gasteiger partial charge in [0, 0.05) is 0 Å². The van der Waals surface area contributed by atoms with Gasteiger partial charge in [0.2, 0.25) is 0 Å². The zero-order valence-corrected chi connectivity index (χ0v) is 7.54. The molecular weight excluding hydrogens is 195 g/mol. The molecule has 1 aromatic carbocycles. The molecular formula is C6H7Cl2Cr-3. The Balaban J connectivity index is -0.0000000836. The van der Waals surface area contributed by atoms with Gasteiger partial charge in [-0.25, -0.2) is 12.1 Å². The van der Waals surface area contributed by atoms with Crippen LogP contribution in [0.5, 0.6) is 0 Å². The van der Waals surface area contributed by atoms with Crippen LogP contribution in [0.3, 0.4) is 0 Å². The van der Waals surface area contributed by atoms with Crippen LogP contribution in [0, 0.1) is 0 Å². The number of hydrogen-bond acceptors (Lipinski definition) is 0. The van der Waals surface area contributed by atoms with Crippen LogP contribution in [-0.2, 0) is 15.9 Å². The quantitative estimate of drug-likeness (QED) is 0.371. The van der Waals surface area contributed by atoms with Gasteiger partial charge in [-0.3, -0.25) is 0 Å². The summed E-state index contributed by atoms with van der Waals surface area (Å²) in [4.78, 5) is 0. The second-order valence-electron chi connectivity index (χ2n) is 0.962. The third-order valence-electron chi connectivity index (χ3n) is 0.556. The molecule has 0 N–H and O–H groups in total. The third-order valence-corrected chi connectivity index (χ3v) is 0.556. The maximum Gasteiger partial charge on any atom is -0.172 e. The van der Waals surface area contributed by atoms with E-state index in [1.807, 2.05) is 30.3 Å². The van der Waals surface area contributed by atoms with Crippen molar-refractivity contribution in [3.8, 4) is 0 Å². The predicted octanol–water partition coefficient (Wildman–Crippen LogP) is -4.62. The minimum absolute atomic E-state index is 0. The maximum atomic E-state index is 3.12. The van der Waals surface area contributed by atoms with E-state index in [1.165, 1.54) is 0 Å². The summed E-state index contributed by atoms with van der Waals surface area (Å²) in [5.41, 5.74) is 0. The molecule has 1 rings (SSSR count). The summed E-state index contributed by atoms with van der Waals surface area (Å²) in [7, 11) is 0. The van der Waals surface area contributed by atoms with Crippen molar-refractivity contribution in [2.24, 2.45) is 0 Å². The molecule has 0 atom stereocenters. The molecule has 9 heavy (non-hydrogen) atoms. The minimum atomic E-state index is 0. The Bertz CT molecular complexity index is 78.0. The predicted molar refractivity (Wildman–Crippen MR) is 29.2 cm³/mol. The van der Waals surface area contributed by atoms with Gasteiger partial charge in [-0.2, -0.15) is 18.2 Å². The van der Waals surface area contributed by atoms with E-state index in [4.69, 9.17) is 0 Å². The van der Waals surface area contributed by atoms with Gasteiger partial charge in [-0.05, 0) is 0 Å². The molecule has 0 heterocycles. The molecule has 0 nitrogen and oxygen atoms in total. The molecule has 0 aliphatic carbocycles. The van der Waals surface area contributed by atoms with Crippen molar-refractivity contribution >= 4 is 5.39 Å². The third kappa shape index (κ3) is 11.8. The first kappa shape index (κ1) is 16.2. The smallest absolute Gasteiger partial charge is 0.172 e. The van der Waals surface area contributed by atoms with Crippen LogP contribution in [0.25, 0.3) is 0 Å². The zero-order valence-electron chi connectivity index (χ0n) is 4.76. The fourth-order valence-electron chi connectivity index (χ4n) is 0.321. The zero-order chi connectivity index (χ0) is 5.54. The van der Waals surface area contributed by atoms with E-state index >= 15 is 0 Å². The maximum absolute atomic E-state index is 3.12. The average molecular weight is 202 g/mol. The van der Waals surface area contributed by atoms with Crippen molar-refractivity contribution in [3.05, 3.63) is 30.3 Å². The Morgan fingerprint density at radius 3 is 1.44 bits per heavy atom.